The Balaban J connectivity index is 1.69. The third kappa shape index (κ3) is 3.07. The molecule has 4 rings (SSSR count). The lowest BCUT2D eigenvalue weighted by atomic mass is 10.1. The maximum atomic E-state index is 9.73. The zero-order valence-corrected chi connectivity index (χ0v) is 13.4. The van der Waals surface area contributed by atoms with Gasteiger partial charge in [0.2, 0.25) is 0 Å². The van der Waals surface area contributed by atoms with Crippen molar-refractivity contribution in [2.75, 3.05) is 11.9 Å². The van der Waals surface area contributed by atoms with E-state index >= 15 is 0 Å². The van der Waals surface area contributed by atoms with Crippen LogP contribution in [0.3, 0.4) is 0 Å². The SMILES string of the molecule is OC[C@@H](Nc1ccc2ncc(-c3ccncc3)n2n1)c1ccccc1. The normalized spacial score (nSPS) is 12.2. The third-order valence-corrected chi connectivity index (χ3v) is 4.05. The Labute approximate surface area is 144 Å². The van der Waals surface area contributed by atoms with Gasteiger partial charge in [-0.05, 0) is 29.8 Å². The van der Waals surface area contributed by atoms with E-state index in [4.69, 9.17) is 0 Å². The monoisotopic (exact) mass is 331 g/mol. The van der Waals surface area contributed by atoms with Crippen molar-refractivity contribution in [1.29, 1.82) is 0 Å². The molecule has 0 spiro atoms. The van der Waals surface area contributed by atoms with Crippen molar-refractivity contribution in [3.8, 4) is 11.3 Å². The fraction of sp³-hybridized carbons (Fsp3) is 0.105. The number of aliphatic hydroxyl groups excluding tert-OH is 1. The lowest BCUT2D eigenvalue weighted by molar-refractivity contribution is 0.276. The van der Waals surface area contributed by atoms with E-state index in [1.165, 1.54) is 0 Å². The lowest BCUT2D eigenvalue weighted by Gasteiger charge is -2.17. The number of aromatic nitrogens is 4. The second kappa shape index (κ2) is 6.70. The van der Waals surface area contributed by atoms with Crippen molar-refractivity contribution in [1.82, 2.24) is 19.6 Å². The van der Waals surface area contributed by atoms with Gasteiger partial charge in [0.1, 0.15) is 5.82 Å². The molecule has 124 valence electrons. The van der Waals surface area contributed by atoms with Crippen LogP contribution in [0.15, 0.2) is 73.2 Å². The van der Waals surface area contributed by atoms with Gasteiger partial charge in [0.15, 0.2) is 5.65 Å². The lowest BCUT2D eigenvalue weighted by Crippen LogP contribution is -2.16. The molecular formula is C19H17N5O. The Hall–Kier alpha value is -3.25. The minimum atomic E-state index is -0.223. The molecule has 6 heteroatoms. The van der Waals surface area contributed by atoms with Gasteiger partial charge in [-0.15, -0.1) is 5.10 Å². The first kappa shape index (κ1) is 15.3. The van der Waals surface area contributed by atoms with Gasteiger partial charge in [-0.2, -0.15) is 0 Å². The molecule has 0 aliphatic heterocycles. The summed E-state index contributed by atoms with van der Waals surface area (Å²) < 4.78 is 1.79. The first-order valence-corrected chi connectivity index (χ1v) is 8.02. The number of fused-ring (bicyclic) bond motifs is 1. The van der Waals surface area contributed by atoms with E-state index in [1.54, 1.807) is 23.1 Å². The van der Waals surface area contributed by atoms with Crippen LogP contribution >= 0.6 is 0 Å². The number of rotatable bonds is 5. The summed E-state index contributed by atoms with van der Waals surface area (Å²) in [4.78, 5) is 8.44. The topological polar surface area (TPSA) is 75.3 Å². The summed E-state index contributed by atoms with van der Waals surface area (Å²) in [5, 5.41) is 17.7. The van der Waals surface area contributed by atoms with Gasteiger partial charge in [-0.1, -0.05) is 30.3 Å². The molecule has 3 aromatic heterocycles. The van der Waals surface area contributed by atoms with E-state index in [-0.39, 0.29) is 12.6 Å². The van der Waals surface area contributed by atoms with E-state index in [0.717, 1.165) is 22.5 Å². The number of nitrogens with one attached hydrogen (secondary N) is 1. The Kier molecular flexibility index (Phi) is 4.10. The van der Waals surface area contributed by atoms with Crippen molar-refractivity contribution in [2.24, 2.45) is 0 Å². The van der Waals surface area contributed by atoms with Gasteiger partial charge in [0.25, 0.3) is 0 Å². The van der Waals surface area contributed by atoms with Crippen LogP contribution in [-0.4, -0.2) is 31.3 Å². The van der Waals surface area contributed by atoms with E-state index in [2.05, 4.69) is 20.4 Å². The van der Waals surface area contributed by atoms with E-state index < -0.39 is 0 Å². The summed E-state index contributed by atoms with van der Waals surface area (Å²) in [5.74, 6) is 0.670. The van der Waals surface area contributed by atoms with Crippen molar-refractivity contribution in [3.05, 3.63) is 78.8 Å². The number of nitrogens with zero attached hydrogens (tertiary/aromatic N) is 4. The second-order valence-corrected chi connectivity index (χ2v) is 5.66. The van der Waals surface area contributed by atoms with E-state index in [1.807, 2.05) is 54.6 Å². The van der Waals surface area contributed by atoms with Gasteiger partial charge >= 0.3 is 0 Å². The average Bonchev–Trinajstić information content (AvgIpc) is 3.10. The molecule has 0 aliphatic rings. The molecule has 4 aromatic rings. The molecule has 1 aromatic carbocycles. The Morgan fingerprint density at radius 2 is 1.80 bits per heavy atom. The van der Waals surface area contributed by atoms with Crippen LogP contribution in [0.5, 0.6) is 0 Å². The molecule has 0 unspecified atom stereocenters. The number of pyridine rings is 1. The van der Waals surface area contributed by atoms with Gasteiger partial charge in [-0.3, -0.25) is 4.98 Å². The van der Waals surface area contributed by atoms with Crippen LogP contribution in [-0.2, 0) is 0 Å². The molecule has 0 saturated heterocycles. The zero-order chi connectivity index (χ0) is 17.1. The fourth-order valence-corrected chi connectivity index (χ4v) is 2.77. The molecular weight excluding hydrogens is 314 g/mol. The largest absolute Gasteiger partial charge is 0.394 e. The molecule has 1 atom stereocenters. The van der Waals surface area contributed by atoms with Crippen molar-refractivity contribution < 1.29 is 5.11 Å². The third-order valence-electron chi connectivity index (χ3n) is 4.05. The van der Waals surface area contributed by atoms with Crippen molar-refractivity contribution in [3.63, 3.8) is 0 Å². The van der Waals surface area contributed by atoms with Crippen molar-refractivity contribution in [2.45, 2.75) is 6.04 Å². The zero-order valence-electron chi connectivity index (χ0n) is 13.4. The molecule has 0 saturated carbocycles. The quantitative estimate of drug-likeness (QED) is 0.588. The molecule has 0 amide bonds. The predicted molar refractivity (Wildman–Crippen MR) is 96.1 cm³/mol. The highest BCUT2D eigenvalue weighted by molar-refractivity contribution is 5.63. The van der Waals surface area contributed by atoms with Crippen LogP contribution in [0.2, 0.25) is 0 Å². The van der Waals surface area contributed by atoms with Crippen LogP contribution < -0.4 is 5.32 Å². The van der Waals surface area contributed by atoms with E-state index in [9.17, 15) is 5.11 Å². The fourth-order valence-electron chi connectivity index (χ4n) is 2.77. The summed E-state index contributed by atoms with van der Waals surface area (Å²) in [6.07, 6.45) is 5.28. The first-order chi connectivity index (χ1) is 12.3. The summed E-state index contributed by atoms with van der Waals surface area (Å²) in [6.45, 7) is -0.0229. The van der Waals surface area contributed by atoms with E-state index in [0.29, 0.717) is 5.82 Å². The van der Waals surface area contributed by atoms with Gasteiger partial charge in [0.05, 0.1) is 24.5 Å². The van der Waals surface area contributed by atoms with Crippen LogP contribution in [0.4, 0.5) is 5.82 Å². The number of aliphatic hydroxyl groups is 1. The van der Waals surface area contributed by atoms with Crippen molar-refractivity contribution >= 4 is 11.5 Å². The maximum Gasteiger partial charge on any atom is 0.154 e. The van der Waals surface area contributed by atoms with Gasteiger partial charge < -0.3 is 10.4 Å². The summed E-state index contributed by atoms with van der Waals surface area (Å²) in [5.41, 5.74) is 3.65. The van der Waals surface area contributed by atoms with Crippen LogP contribution in [0.25, 0.3) is 16.9 Å². The summed E-state index contributed by atoms with van der Waals surface area (Å²) >= 11 is 0. The van der Waals surface area contributed by atoms with Gasteiger partial charge in [0, 0.05) is 18.0 Å². The molecule has 25 heavy (non-hydrogen) atoms. The Morgan fingerprint density at radius 3 is 2.56 bits per heavy atom. The first-order valence-electron chi connectivity index (χ1n) is 8.02. The average molecular weight is 331 g/mol. The highest BCUT2D eigenvalue weighted by Gasteiger charge is 2.12. The summed E-state index contributed by atoms with van der Waals surface area (Å²) in [7, 11) is 0. The molecule has 0 fully saturated rings. The minimum absolute atomic E-state index is 0.0229. The molecule has 3 heterocycles. The highest BCUT2D eigenvalue weighted by atomic mass is 16.3. The number of hydrogen-bond acceptors (Lipinski definition) is 5. The smallest absolute Gasteiger partial charge is 0.154 e. The summed E-state index contributed by atoms with van der Waals surface area (Å²) in [6, 6.07) is 17.2. The van der Waals surface area contributed by atoms with Crippen LogP contribution in [0.1, 0.15) is 11.6 Å². The van der Waals surface area contributed by atoms with Gasteiger partial charge in [-0.25, -0.2) is 9.50 Å². The number of anilines is 1. The highest BCUT2D eigenvalue weighted by Crippen LogP contribution is 2.22. The maximum absolute atomic E-state index is 9.73. The number of imidazole rings is 1. The molecule has 6 nitrogen and oxygen atoms in total. The Bertz CT molecular complexity index is 969. The molecule has 0 radical (unpaired) electrons. The molecule has 0 aliphatic carbocycles. The predicted octanol–water partition coefficient (Wildman–Crippen LogP) is 2.94. The molecule has 0 bridgehead atoms. The Morgan fingerprint density at radius 1 is 1.00 bits per heavy atom. The van der Waals surface area contributed by atoms with Crippen LogP contribution in [0, 0.1) is 0 Å². The number of hydrogen-bond donors (Lipinski definition) is 2. The standard InChI is InChI=1S/C19H17N5O/c25-13-16(14-4-2-1-3-5-14)22-18-6-7-19-21-12-17(24(19)23-18)15-8-10-20-11-9-15/h1-12,16,25H,13H2,(H,22,23)/t16-/m1/s1. The number of benzene rings is 1. The minimum Gasteiger partial charge on any atom is -0.394 e. The second-order valence-electron chi connectivity index (χ2n) is 5.66. The molecule has 2 N–H and O–H groups in total.